The van der Waals surface area contributed by atoms with Crippen LogP contribution in [0.4, 0.5) is 5.13 Å². The number of ether oxygens (including phenoxy) is 1. The summed E-state index contributed by atoms with van der Waals surface area (Å²) in [5.41, 5.74) is 8.23. The van der Waals surface area contributed by atoms with Crippen molar-refractivity contribution in [2.75, 3.05) is 31.2 Å². The predicted molar refractivity (Wildman–Crippen MR) is 106 cm³/mol. The first-order chi connectivity index (χ1) is 12.9. The SMILES string of the molecule is CCOc1nc(C(C)C)ccc1-c1cnc2sc(N3CC(N)(CO)C3)nn12. The maximum absolute atomic E-state index is 9.34. The minimum absolute atomic E-state index is 0.0250. The number of fused-ring (bicyclic) bond motifs is 1. The fourth-order valence-corrected chi connectivity index (χ4v) is 4.04. The Bertz CT molecular complexity index is 960. The molecule has 8 nitrogen and oxygen atoms in total. The standard InChI is InChI=1S/C18H24N6O2S/c1-4-26-15-12(5-6-13(21-15)11(2)3)14-7-20-16-24(14)22-17(27-16)23-8-18(19,9-23)10-25/h5-7,11,25H,4,8-10,19H2,1-3H3. The number of anilines is 1. The van der Waals surface area contributed by atoms with Gasteiger partial charge in [-0.2, -0.15) is 0 Å². The molecule has 0 atom stereocenters. The van der Waals surface area contributed by atoms with Gasteiger partial charge >= 0.3 is 0 Å². The lowest BCUT2D eigenvalue weighted by atomic mass is 9.93. The third-order valence-electron chi connectivity index (χ3n) is 4.70. The van der Waals surface area contributed by atoms with E-state index in [4.69, 9.17) is 15.6 Å². The Morgan fingerprint density at radius 3 is 2.81 bits per heavy atom. The largest absolute Gasteiger partial charge is 0.477 e. The molecule has 1 aliphatic heterocycles. The zero-order valence-corrected chi connectivity index (χ0v) is 16.5. The second-order valence-corrected chi connectivity index (χ2v) is 8.21. The molecule has 144 valence electrons. The lowest BCUT2D eigenvalue weighted by molar-refractivity contribution is 0.167. The number of nitrogens with two attached hydrogens (primary N) is 1. The van der Waals surface area contributed by atoms with Gasteiger partial charge in [-0.1, -0.05) is 25.2 Å². The number of aliphatic hydroxyl groups excluding tert-OH is 1. The van der Waals surface area contributed by atoms with Gasteiger partial charge in [-0.15, -0.1) is 5.10 Å². The topological polar surface area (TPSA) is 102 Å². The highest BCUT2D eigenvalue weighted by Gasteiger charge is 2.40. The minimum atomic E-state index is -0.532. The van der Waals surface area contributed by atoms with Crippen LogP contribution in [0.25, 0.3) is 16.2 Å². The van der Waals surface area contributed by atoms with E-state index < -0.39 is 5.54 Å². The molecule has 1 fully saturated rings. The van der Waals surface area contributed by atoms with Gasteiger partial charge in [0.25, 0.3) is 0 Å². The van der Waals surface area contributed by atoms with Gasteiger partial charge in [0.2, 0.25) is 16.0 Å². The molecular weight excluding hydrogens is 364 g/mol. The highest BCUT2D eigenvalue weighted by atomic mass is 32.1. The minimum Gasteiger partial charge on any atom is -0.477 e. The van der Waals surface area contributed by atoms with Crippen LogP contribution in [-0.4, -0.2) is 56.5 Å². The first-order valence-electron chi connectivity index (χ1n) is 9.07. The van der Waals surface area contributed by atoms with Gasteiger partial charge in [-0.25, -0.2) is 14.5 Å². The fourth-order valence-electron chi connectivity index (χ4n) is 3.16. The van der Waals surface area contributed by atoms with Crippen LogP contribution in [0.2, 0.25) is 0 Å². The molecule has 4 rings (SSSR count). The zero-order chi connectivity index (χ0) is 19.2. The number of hydrogen-bond donors (Lipinski definition) is 2. The van der Waals surface area contributed by atoms with Crippen LogP contribution in [0.3, 0.4) is 0 Å². The maximum atomic E-state index is 9.34. The van der Waals surface area contributed by atoms with E-state index in [1.165, 1.54) is 11.3 Å². The van der Waals surface area contributed by atoms with Crippen molar-refractivity contribution in [1.82, 2.24) is 19.6 Å². The van der Waals surface area contributed by atoms with E-state index in [9.17, 15) is 5.11 Å². The number of pyridine rings is 1. The molecule has 1 aliphatic rings. The summed E-state index contributed by atoms with van der Waals surface area (Å²) in [5, 5.41) is 14.9. The van der Waals surface area contributed by atoms with Gasteiger partial charge in [-0.3, -0.25) is 0 Å². The first-order valence-corrected chi connectivity index (χ1v) is 9.89. The van der Waals surface area contributed by atoms with Crippen LogP contribution < -0.4 is 15.4 Å². The Hall–Kier alpha value is -2.23. The van der Waals surface area contributed by atoms with Crippen LogP contribution in [0.5, 0.6) is 5.88 Å². The lowest BCUT2D eigenvalue weighted by Crippen LogP contribution is -2.69. The summed E-state index contributed by atoms with van der Waals surface area (Å²) in [6.07, 6.45) is 1.80. The number of imidazole rings is 1. The van der Waals surface area contributed by atoms with Crippen LogP contribution in [0.1, 0.15) is 32.4 Å². The van der Waals surface area contributed by atoms with Crippen molar-refractivity contribution in [2.24, 2.45) is 5.73 Å². The fraction of sp³-hybridized carbons (Fsp3) is 0.500. The van der Waals surface area contributed by atoms with Crippen LogP contribution in [0.15, 0.2) is 18.3 Å². The van der Waals surface area contributed by atoms with E-state index >= 15 is 0 Å². The van der Waals surface area contributed by atoms with Gasteiger partial charge in [0.05, 0.1) is 36.2 Å². The number of aromatic nitrogens is 4. The molecule has 1 saturated heterocycles. The molecule has 3 aromatic heterocycles. The summed E-state index contributed by atoms with van der Waals surface area (Å²) in [6, 6.07) is 4.05. The average molecular weight is 388 g/mol. The van der Waals surface area contributed by atoms with E-state index in [1.807, 2.05) is 23.6 Å². The van der Waals surface area contributed by atoms with Crippen molar-refractivity contribution >= 4 is 21.4 Å². The van der Waals surface area contributed by atoms with Crippen molar-refractivity contribution in [2.45, 2.75) is 32.2 Å². The summed E-state index contributed by atoms with van der Waals surface area (Å²) in [4.78, 5) is 12.0. The van der Waals surface area contributed by atoms with Crippen LogP contribution in [0, 0.1) is 0 Å². The average Bonchev–Trinajstić information content (AvgIpc) is 3.20. The number of rotatable bonds is 6. The van der Waals surface area contributed by atoms with Crippen LogP contribution >= 0.6 is 11.3 Å². The molecule has 3 aromatic rings. The first kappa shape index (κ1) is 18.1. The molecule has 3 N–H and O–H groups in total. The summed E-state index contributed by atoms with van der Waals surface area (Å²) in [5.74, 6) is 0.925. The smallest absolute Gasteiger partial charge is 0.223 e. The second kappa shape index (κ2) is 6.74. The Kier molecular flexibility index (Phi) is 4.53. The molecule has 0 unspecified atom stereocenters. The van der Waals surface area contributed by atoms with E-state index in [-0.39, 0.29) is 6.61 Å². The van der Waals surface area contributed by atoms with Gasteiger partial charge in [0, 0.05) is 18.8 Å². The second-order valence-electron chi connectivity index (χ2n) is 7.28. The normalized spacial score (nSPS) is 16.1. The maximum Gasteiger partial charge on any atom is 0.223 e. The van der Waals surface area contributed by atoms with Crippen molar-refractivity contribution < 1.29 is 9.84 Å². The van der Waals surface area contributed by atoms with Gasteiger partial charge < -0.3 is 20.5 Å². The predicted octanol–water partition coefficient (Wildman–Crippen LogP) is 1.88. The molecule has 0 bridgehead atoms. The molecule has 9 heteroatoms. The number of hydrogen-bond acceptors (Lipinski definition) is 8. The molecule has 27 heavy (non-hydrogen) atoms. The third kappa shape index (κ3) is 3.15. The van der Waals surface area contributed by atoms with E-state index in [0.29, 0.717) is 31.5 Å². The summed E-state index contributed by atoms with van der Waals surface area (Å²) in [6.45, 7) is 7.86. The Morgan fingerprint density at radius 1 is 1.37 bits per heavy atom. The number of nitrogens with zero attached hydrogens (tertiary/aromatic N) is 5. The van der Waals surface area contributed by atoms with Crippen molar-refractivity contribution in [1.29, 1.82) is 0 Å². The monoisotopic (exact) mass is 388 g/mol. The Balaban J connectivity index is 1.70. The molecule has 0 spiro atoms. The van der Waals surface area contributed by atoms with Gasteiger partial charge in [0.1, 0.15) is 0 Å². The Labute approximate surface area is 161 Å². The highest BCUT2D eigenvalue weighted by Crippen LogP contribution is 2.35. The molecule has 0 radical (unpaired) electrons. The quantitative estimate of drug-likeness (QED) is 0.665. The summed E-state index contributed by atoms with van der Waals surface area (Å²) < 4.78 is 7.62. The number of aliphatic hydroxyl groups is 1. The summed E-state index contributed by atoms with van der Waals surface area (Å²) in [7, 11) is 0. The van der Waals surface area contributed by atoms with Crippen molar-refractivity contribution in [3.63, 3.8) is 0 Å². The summed E-state index contributed by atoms with van der Waals surface area (Å²) >= 11 is 1.50. The van der Waals surface area contributed by atoms with Gasteiger partial charge in [0.15, 0.2) is 0 Å². The van der Waals surface area contributed by atoms with Crippen LogP contribution in [-0.2, 0) is 0 Å². The molecule has 0 aliphatic carbocycles. The van der Waals surface area contributed by atoms with E-state index in [2.05, 4.69) is 28.7 Å². The van der Waals surface area contributed by atoms with Gasteiger partial charge in [-0.05, 0) is 25.0 Å². The Morgan fingerprint density at radius 2 is 2.15 bits per heavy atom. The molecule has 0 aromatic carbocycles. The zero-order valence-electron chi connectivity index (χ0n) is 15.7. The lowest BCUT2D eigenvalue weighted by Gasteiger charge is -2.46. The highest BCUT2D eigenvalue weighted by molar-refractivity contribution is 7.20. The molecule has 4 heterocycles. The molecule has 0 amide bonds. The van der Waals surface area contributed by atoms with Crippen molar-refractivity contribution in [3.05, 3.63) is 24.0 Å². The molecular formula is C18H24N6O2S. The van der Waals surface area contributed by atoms with E-state index in [0.717, 1.165) is 27.0 Å². The molecule has 0 saturated carbocycles. The van der Waals surface area contributed by atoms with Crippen molar-refractivity contribution in [3.8, 4) is 17.1 Å². The van der Waals surface area contributed by atoms with E-state index in [1.54, 1.807) is 6.20 Å². The third-order valence-corrected chi connectivity index (χ3v) is 5.69.